The van der Waals surface area contributed by atoms with Gasteiger partial charge in [0.25, 0.3) is 0 Å². The third-order valence-electron chi connectivity index (χ3n) is 1.80. The van der Waals surface area contributed by atoms with Gasteiger partial charge < -0.3 is 15.3 Å². The predicted octanol–water partition coefficient (Wildman–Crippen LogP) is -1.91. The highest BCUT2D eigenvalue weighted by molar-refractivity contribution is 7.95. The first-order chi connectivity index (χ1) is 8.36. The number of sulfone groups is 1. The van der Waals surface area contributed by atoms with Crippen LogP contribution in [0.25, 0.3) is 0 Å². The molecule has 0 aliphatic rings. The molecule has 0 aliphatic carbocycles. The predicted molar refractivity (Wildman–Crippen MR) is 64.7 cm³/mol. The lowest BCUT2D eigenvalue weighted by atomic mass is 10.3. The second kappa shape index (κ2) is 8.69. The van der Waals surface area contributed by atoms with Crippen molar-refractivity contribution in [1.29, 1.82) is 0 Å². The Hall–Kier alpha value is -0.360. The Morgan fingerprint density at radius 2 is 2.00 bits per heavy atom. The molecule has 0 rings (SSSR count). The molecule has 0 fully saturated rings. The van der Waals surface area contributed by atoms with E-state index in [2.05, 4.69) is 0 Å². The molecule has 0 aromatic heterocycles. The highest BCUT2D eigenvalue weighted by Gasteiger charge is 2.16. The molecule has 3 N–H and O–H groups in total. The van der Waals surface area contributed by atoms with Crippen LogP contribution in [0.15, 0.2) is 10.8 Å². The molecule has 8 nitrogen and oxygen atoms in total. The van der Waals surface area contributed by atoms with E-state index in [1.54, 1.807) is 6.92 Å². The number of rotatable bonds is 9. The Morgan fingerprint density at radius 1 is 1.39 bits per heavy atom. The zero-order chi connectivity index (χ0) is 14.2. The van der Waals surface area contributed by atoms with Crippen molar-refractivity contribution in [3.05, 3.63) is 10.8 Å². The number of hydroxylamine groups is 2. The molecule has 0 aromatic carbocycles. The van der Waals surface area contributed by atoms with E-state index in [1.807, 2.05) is 0 Å². The van der Waals surface area contributed by atoms with Crippen molar-refractivity contribution >= 4 is 20.9 Å². The quantitative estimate of drug-likeness (QED) is 0.422. The summed E-state index contributed by atoms with van der Waals surface area (Å²) < 4.78 is 38.0. The van der Waals surface area contributed by atoms with Gasteiger partial charge >= 0.3 is 0 Å². The van der Waals surface area contributed by atoms with Gasteiger partial charge in [0.05, 0.1) is 19.3 Å². The zero-order valence-electron chi connectivity index (χ0n) is 9.80. The van der Waals surface area contributed by atoms with E-state index in [4.69, 9.17) is 19.6 Å². The lowest BCUT2D eigenvalue weighted by molar-refractivity contribution is -0.0978. The fourth-order valence-electron chi connectivity index (χ4n) is 0.813. The van der Waals surface area contributed by atoms with Gasteiger partial charge in [-0.05, 0) is 6.92 Å². The van der Waals surface area contributed by atoms with Gasteiger partial charge in [-0.3, -0.25) is 0 Å². The standard InChI is InChI=1S/C8H17NO7S2/c1-8(6-11)9(2-3-10)16-17(13)4-5-18(14,15)7-12/h4-5,8,10-12H,2-3,6-7H2,1H3/b5-4+. The first kappa shape index (κ1) is 17.6. The van der Waals surface area contributed by atoms with Gasteiger partial charge in [-0.2, -0.15) is 9.35 Å². The average molecular weight is 303 g/mol. The summed E-state index contributed by atoms with van der Waals surface area (Å²) >= 11 is -2.09. The van der Waals surface area contributed by atoms with Crippen LogP contribution in [0.4, 0.5) is 0 Å². The molecule has 0 radical (unpaired) electrons. The molecule has 2 unspecified atom stereocenters. The highest BCUT2D eigenvalue weighted by atomic mass is 32.2. The van der Waals surface area contributed by atoms with E-state index >= 15 is 0 Å². The maximum Gasteiger partial charge on any atom is 0.199 e. The molecule has 0 saturated carbocycles. The second-order valence-electron chi connectivity index (χ2n) is 3.30. The third-order valence-corrected chi connectivity index (χ3v) is 3.58. The van der Waals surface area contributed by atoms with Gasteiger partial charge in [-0.15, -0.1) is 0 Å². The molecule has 18 heavy (non-hydrogen) atoms. The lowest BCUT2D eigenvalue weighted by Crippen LogP contribution is -2.38. The monoisotopic (exact) mass is 303 g/mol. The molecule has 0 heterocycles. The van der Waals surface area contributed by atoms with E-state index in [-0.39, 0.29) is 19.8 Å². The molecule has 0 spiro atoms. The molecule has 0 amide bonds. The van der Waals surface area contributed by atoms with Gasteiger partial charge in [-0.25, -0.2) is 12.6 Å². The third kappa shape index (κ3) is 7.16. The largest absolute Gasteiger partial charge is 0.395 e. The van der Waals surface area contributed by atoms with Gasteiger partial charge in [0.1, 0.15) is 5.94 Å². The summed E-state index contributed by atoms with van der Waals surface area (Å²) in [5, 5.41) is 28.5. The van der Waals surface area contributed by atoms with Gasteiger partial charge in [0.15, 0.2) is 20.9 Å². The summed E-state index contributed by atoms with van der Waals surface area (Å²) in [7, 11) is -3.80. The zero-order valence-corrected chi connectivity index (χ0v) is 11.4. The first-order valence-corrected chi connectivity index (χ1v) is 7.80. The van der Waals surface area contributed by atoms with Crippen molar-refractivity contribution < 1.29 is 32.2 Å². The Bertz CT molecular complexity index is 381. The van der Waals surface area contributed by atoms with E-state index in [0.717, 1.165) is 10.5 Å². The molecule has 108 valence electrons. The SMILES string of the molecule is CC(CO)N(CCO)OS(=O)/C=C/S(=O)(=O)CO. The summed E-state index contributed by atoms with van der Waals surface area (Å²) in [6, 6.07) is -0.510. The molecule has 0 aromatic rings. The molecule has 0 aliphatic heterocycles. The summed E-state index contributed by atoms with van der Waals surface area (Å²) in [5.41, 5.74) is 0. The van der Waals surface area contributed by atoms with Crippen molar-refractivity contribution in [2.24, 2.45) is 0 Å². The number of aliphatic hydroxyl groups excluding tert-OH is 3. The van der Waals surface area contributed by atoms with Crippen molar-refractivity contribution in [2.45, 2.75) is 13.0 Å². The van der Waals surface area contributed by atoms with Crippen molar-refractivity contribution in [3.8, 4) is 0 Å². The van der Waals surface area contributed by atoms with E-state index in [9.17, 15) is 12.6 Å². The summed E-state index contributed by atoms with van der Waals surface area (Å²) in [4.78, 5) is 0. The number of nitrogens with zero attached hydrogens (tertiary/aromatic N) is 1. The van der Waals surface area contributed by atoms with Crippen molar-refractivity contribution in [3.63, 3.8) is 0 Å². The first-order valence-electron chi connectivity index (χ1n) is 4.95. The van der Waals surface area contributed by atoms with Crippen LogP contribution in [0.1, 0.15) is 6.92 Å². The Morgan fingerprint density at radius 3 is 2.44 bits per heavy atom. The topological polar surface area (TPSA) is 124 Å². The van der Waals surface area contributed by atoms with Crippen molar-refractivity contribution in [1.82, 2.24) is 5.06 Å². The Labute approximate surface area is 108 Å². The lowest BCUT2D eigenvalue weighted by Gasteiger charge is -2.23. The smallest absolute Gasteiger partial charge is 0.199 e. The highest BCUT2D eigenvalue weighted by Crippen LogP contribution is 2.04. The normalized spacial score (nSPS) is 16.3. The van der Waals surface area contributed by atoms with Crippen LogP contribution in [0.2, 0.25) is 0 Å². The minimum absolute atomic E-state index is 0.00799. The van der Waals surface area contributed by atoms with Crippen LogP contribution in [-0.4, -0.2) is 64.7 Å². The molecule has 10 heteroatoms. The summed E-state index contributed by atoms with van der Waals surface area (Å²) in [6.45, 7) is 1.02. The maximum atomic E-state index is 11.4. The van der Waals surface area contributed by atoms with E-state index < -0.39 is 32.9 Å². The number of aliphatic hydroxyl groups is 3. The number of hydrogen-bond acceptors (Lipinski definition) is 8. The molecular weight excluding hydrogens is 286 g/mol. The van der Waals surface area contributed by atoms with E-state index in [0.29, 0.717) is 5.41 Å². The summed E-state index contributed by atoms with van der Waals surface area (Å²) in [5.74, 6) is -1.09. The fourth-order valence-corrected chi connectivity index (χ4v) is 2.40. The minimum Gasteiger partial charge on any atom is -0.395 e. The van der Waals surface area contributed by atoms with Crippen LogP contribution in [0.3, 0.4) is 0 Å². The Balaban J connectivity index is 4.52. The molecule has 0 bridgehead atoms. The molecule has 2 atom stereocenters. The fraction of sp³-hybridized carbons (Fsp3) is 0.750. The maximum absolute atomic E-state index is 11.4. The van der Waals surface area contributed by atoms with Crippen LogP contribution >= 0.6 is 0 Å². The second-order valence-corrected chi connectivity index (χ2v) is 6.09. The molecular formula is C8H17NO7S2. The van der Waals surface area contributed by atoms with Gasteiger partial charge in [0.2, 0.25) is 0 Å². The molecule has 0 saturated heterocycles. The Kier molecular flexibility index (Phi) is 8.52. The van der Waals surface area contributed by atoms with E-state index in [1.165, 1.54) is 0 Å². The van der Waals surface area contributed by atoms with Gasteiger partial charge in [-0.1, -0.05) is 0 Å². The van der Waals surface area contributed by atoms with Gasteiger partial charge in [0, 0.05) is 17.4 Å². The average Bonchev–Trinajstić information content (AvgIpc) is 2.35. The van der Waals surface area contributed by atoms with Crippen LogP contribution in [0, 0.1) is 0 Å². The van der Waals surface area contributed by atoms with Crippen LogP contribution < -0.4 is 0 Å². The summed E-state index contributed by atoms with van der Waals surface area (Å²) in [6.07, 6.45) is 0. The number of hydrogen-bond donors (Lipinski definition) is 3. The van der Waals surface area contributed by atoms with Crippen molar-refractivity contribution in [2.75, 3.05) is 25.7 Å². The van der Waals surface area contributed by atoms with Crippen LogP contribution in [-0.2, 0) is 25.2 Å². The van der Waals surface area contributed by atoms with Crippen LogP contribution in [0.5, 0.6) is 0 Å². The minimum atomic E-state index is -3.80.